The molecule has 0 aromatic heterocycles. The van der Waals surface area contributed by atoms with Crippen LogP contribution < -0.4 is 4.74 Å². The van der Waals surface area contributed by atoms with Crippen LogP contribution in [-0.2, 0) is 6.42 Å². The molecular weight excluding hydrogens is 416 g/mol. The fraction of sp³-hybridized carbons (Fsp3) is 0.481. The van der Waals surface area contributed by atoms with Crippen molar-refractivity contribution in [2.24, 2.45) is 5.92 Å². The van der Waals surface area contributed by atoms with Gasteiger partial charge in [0.05, 0.1) is 6.61 Å². The molecule has 0 unspecified atom stereocenters. The van der Waals surface area contributed by atoms with Crippen molar-refractivity contribution in [1.29, 1.82) is 0 Å². The van der Waals surface area contributed by atoms with Crippen LogP contribution in [0.25, 0.3) is 6.08 Å². The minimum Gasteiger partial charge on any atom is -0.491 e. The molecule has 0 saturated heterocycles. The second-order valence-corrected chi connectivity index (χ2v) is 8.58. The van der Waals surface area contributed by atoms with E-state index >= 15 is 0 Å². The molecule has 0 atom stereocenters. The van der Waals surface area contributed by atoms with Gasteiger partial charge in [-0.05, 0) is 74.5 Å². The third-order valence-electron chi connectivity index (χ3n) is 6.38. The Kier molecular flexibility index (Phi) is 8.77. The molecule has 0 aliphatic heterocycles. The van der Waals surface area contributed by atoms with E-state index in [9.17, 15) is 17.6 Å². The average Bonchev–Trinajstić information content (AvgIpc) is 2.80. The molecule has 0 N–H and O–H groups in total. The fourth-order valence-electron chi connectivity index (χ4n) is 4.48. The summed E-state index contributed by atoms with van der Waals surface area (Å²) in [7, 11) is 0. The van der Waals surface area contributed by atoms with Gasteiger partial charge in [0, 0.05) is 5.56 Å². The standard InChI is InChI=1S/C27H32F4O/c1-3-5-6-7-20-14-15-21(25(29)24(20)28)13-10-18-8-11-19(12-9-18)22-16-17-23(32-4-2)27(31)26(22)30/h10,13-19H,3-9,11-12H2,1-2H3. The van der Waals surface area contributed by atoms with Gasteiger partial charge in [-0.2, -0.15) is 4.39 Å². The quantitative estimate of drug-likeness (QED) is 0.277. The molecule has 1 fully saturated rings. The van der Waals surface area contributed by atoms with Crippen LogP contribution in [0.3, 0.4) is 0 Å². The number of rotatable bonds is 9. The van der Waals surface area contributed by atoms with Gasteiger partial charge in [-0.3, -0.25) is 0 Å². The normalized spacial score (nSPS) is 18.9. The number of halogens is 4. The molecule has 2 aromatic rings. The summed E-state index contributed by atoms with van der Waals surface area (Å²) < 4.78 is 62.6. The van der Waals surface area contributed by atoms with E-state index in [4.69, 9.17) is 4.74 Å². The molecule has 0 bridgehead atoms. The zero-order valence-electron chi connectivity index (χ0n) is 18.9. The number of benzene rings is 2. The molecule has 0 radical (unpaired) electrons. The lowest BCUT2D eigenvalue weighted by Crippen LogP contribution is -2.14. The second-order valence-electron chi connectivity index (χ2n) is 8.58. The summed E-state index contributed by atoms with van der Waals surface area (Å²) in [5.41, 5.74) is 1.07. The molecule has 1 nitrogen and oxygen atoms in total. The summed E-state index contributed by atoms with van der Waals surface area (Å²) in [5, 5.41) is 0. The molecule has 0 heterocycles. The Labute approximate surface area is 188 Å². The predicted molar refractivity (Wildman–Crippen MR) is 121 cm³/mol. The zero-order chi connectivity index (χ0) is 23.1. The van der Waals surface area contributed by atoms with Gasteiger partial charge in [-0.1, -0.05) is 50.1 Å². The van der Waals surface area contributed by atoms with Crippen LogP contribution in [0.2, 0.25) is 0 Å². The molecule has 32 heavy (non-hydrogen) atoms. The Hall–Kier alpha value is -2.30. The van der Waals surface area contributed by atoms with Crippen LogP contribution in [0.5, 0.6) is 5.75 Å². The van der Waals surface area contributed by atoms with E-state index in [-0.39, 0.29) is 29.8 Å². The monoisotopic (exact) mass is 448 g/mol. The number of unbranched alkanes of at least 4 members (excludes halogenated alkanes) is 2. The lowest BCUT2D eigenvalue weighted by atomic mass is 9.78. The minimum absolute atomic E-state index is 0.0542. The summed E-state index contributed by atoms with van der Waals surface area (Å²) in [6.45, 7) is 4.08. The third kappa shape index (κ3) is 5.73. The molecule has 2 aromatic carbocycles. The van der Waals surface area contributed by atoms with Gasteiger partial charge in [-0.25, -0.2) is 13.2 Å². The number of aryl methyl sites for hydroxylation is 1. The van der Waals surface area contributed by atoms with Crippen LogP contribution >= 0.6 is 0 Å². The van der Waals surface area contributed by atoms with E-state index in [1.807, 2.05) is 6.08 Å². The lowest BCUT2D eigenvalue weighted by Gasteiger charge is -2.27. The van der Waals surface area contributed by atoms with E-state index < -0.39 is 23.3 Å². The number of hydrogen-bond acceptors (Lipinski definition) is 1. The molecular formula is C27H32F4O. The first kappa shape index (κ1) is 24.3. The molecule has 5 heteroatoms. The SMILES string of the molecule is CCCCCc1ccc(C=CC2CCC(c3ccc(OCC)c(F)c3F)CC2)c(F)c1F. The summed E-state index contributed by atoms with van der Waals surface area (Å²) in [4.78, 5) is 0. The summed E-state index contributed by atoms with van der Waals surface area (Å²) in [6, 6.07) is 6.42. The van der Waals surface area contributed by atoms with Gasteiger partial charge in [-0.15, -0.1) is 0 Å². The van der Waals surface area contributed by atoms with E-state index in [2.05, 4.69) is 6.92 Å². The van der Waals surface area contributed by atoms with Gasteiger partial charge in [0.25, 0.3) is 0 Å². The van der Waals surface area contributed by atoms with E-state index in [0.717, 1.165) is 32.1 Å². The molecule has 1 saturated carbocycles. The first-order valence-electron chi connectivity index (χ1n) is 11.7. The Bertz CT molecular complexity index is 930. The first-order chi connectivity index (χ1) is 15.5. The topological polar surface area (TPSA) is 9.23 Å². The second kappa shape index (κ2) is 11.5. The predicted octanol–water partition coefficient (Wildman–Crippen LogP) is 8.36. The van der Waals surface area contributed by atoms with Crippen molar-refractivity contribution in [3.8, 4) is 5.75 Å². The van der Waals surface area contributed by atoms with Crippen molar-refractivity contribution >= 4 is 6.08 Å². The zero-order valence-corrected chi connectivity index (χ0v) is 18.9. The highest BCUT2D eigenvalue weighted by Gasteiger charge is 2.26. The highest BCUT2D eigenvalue weighted by atomic mass is 19.2. The highest BCUT2D eigenvalue weighted by Crippen LogP contribution is 2.39. The summed E-state index contributed by atoms with van der Waals surface area (Å²) >= 11 is 0. The largest absolute Gasteiger partial charge is 0.491 e. The maximum atomic E-state index is 14.5. The molecule has 1 aliphatic carbocycles. The molecule has 174 valence electrons. The maximum Gasteiger partial charge on any atom is 0.200 e. The van der Waals surface area contributed by atoms with Crippen molar-refractivity contribution in [2.45, 2.75) is 71.1 Å². The van der Waals surface area contributed by atoms with Gasteiger partial charge in [0.15, 0.2) is 23.2 Å². The van der Waals surface area contributed by atoms with E-state index in [1.54, 1.807) is 31.2 Å². The lowest BCUT2D eigenvalue weighted by molar-refractivity contribution is 0.310. The average molecular weight is 449 g/mol. The highest BCUT2D eigenvalue weighted by molar-refractivity contribution is 5.51. The van der Waals surface area contributed by atoms with Crippen LogP contribution in [0, 0.1) is 29.2 Å². The Morgan fingerprint density at radius 1 is 0.844 bits per heavy atom. The van der Waals surface area contributed by atoms with Gasteiger partial charge < -0.3 is 4.74 Å². The van der Waals surface area contributed by atoms with E-state index in [1.165, 1.54) is 6.07 Å². The molecule has 3 rings (SSSR count). The van der Waals surface area contributed by atoms with Crippen molar-refractivity contribution < 1.29 is 22.3 Å². The summed E-state index contributed by atoms with van der Waals surface area (Å²) in [6.07, 6.45) is 10.0. The van der Waals surface area contributed by atoms with Crippen molar-refractivity contribution in [2.75, 3.05) is 6.61 Å². The van der Waals surface area contributed by atoms with Gasteiger partial charge in [0.1, 0.15) is 0 Å². The number of ether oxygens (including phenoxy) is 1. The fourth-order valence-corrected chi connectivity index (χ4v) is 4.48. The van der Waals surface area contributed by atoms with Gasteiger partial charge >= 0.3 is 0 Å². The Balaban J connectivity index is 1.60. The number of allylic oxidation sites excluding steroid dienone is 1. The number of hydrogen-bond donors (Lipinski definition) is 0. The van der Waals surface area contributed by atoms with Crippen LogP contribution in [-0.4, -0.2) is 6.61 Å². The van der Waals surface area contributed by atoms with Crippen molar-refractivity contribution in [3.05, 3.63) is 70.3 Å². The summed E-state index contributed by atoms with van der Waals surface area (Å²) in [5.74, 6) is -3.21. The van der Waals surface area contributed by atoms with Crippen LogP contribution in [0.15, 0.2) is 30.3 Å². The van der Waals surface area contributed by atoms with Crippen LogP contribution in [0.4, 0.5) is 17.6 Å². The van der Waals surface area contributed by atoms with Gasteiger partial charge in [0.2, 0.25) is 5.82 Å². The molecule has 0 amide bonds. The first-order valence-corrected chi connectivity index (χ1v) is 11.7. The minimum atomic E-state index is -0.929. The van der Waals surface area contributed by atoms with Crippen LogP contribution in [0.1, 0.15) is 81.4 Å². The smallest absolute Gasteiger partial charge is 0.200 e. The Morgan fingerprint density at radius 2 is 1.59 bits per heavy atom. The third-order valence-corrected chi connectivity index (χ3v) is 6.38. The maximum absolute atomic E-state index is 14.5. The Morgan fingerprint density at radius 3 is 2.28 bits per heavy atom. The molecule has 0 spiro atoms. The molecule has 1 aliphatic rings. The van der Waals surface area contributed by atoms with E-state index in [0.29, 0.717) is 30.4 Å². The van der Waals surface area contributed by atoms with Crippen molar-refractivity contribution in [3.63, 3.8) is 0 Å². The van der Waals surface area contributed by atoms with Crippen molar-refractivity contribution in [1.82, 2.24) is 0 Å².